The summed E-state index contributed by atoms with van der Waals surface area (Å²) < 4.78 is 0. The molecule has 0 radical (unpaired) electrons. The summed E-state index contributed by atoms with van der Waals surface area (Å²) in [5, 5.41) is 0. The van der Waals surface area contributed by atoms with Crippen molar-refractivity contribution in [2.75, 3.05) is 0 Å². The third kappa shape index (κ3) is 8340. The van der Waals surface area contributed by atoms with Gasteiger partial charge in [0.2, 0.25) is 0 Å². The largest absolute Gasteiger partial charge is 2.00 e. The molecule has 0 bridgehead atoms. The molecule has 0 aliphatic carbocycles. The average molecular weight is 163 g/mol. The molecule has 0 aromatic rings. The second kappa shape index (κ2) is 58.8. The summed E-state index contributed by atoms with van der Waals surface area (Å²) in [4.78, 5) is 3.00. The van der Waals surface area contributed by atoms with E-state index in [9.17, 15) is 0 Å². The quantitative estimate of drug-likeness (QED) is 0.183. The van der Waals surface area contributed by atoms with Gasteiger partial charge in [0, 0.05) is 0 Å². The normalized spacial score (nSPS) is 2.00. The van der Waals surface area contributed by atoms with Crippen LogP contribution in [0.1, 0.15) is 0 Å². The second-order valence-electron chi connectivity index (χ2n) is 0.179. The van der Waals surface area contributed by atoms with Crippen molar-refractivity contribution in [2.45, 2.75) is 0 Å². The Balaban J connectivity index is -0.0000000160. The zero-order valence-corrected chi connectivity index (χ0v) is 7.14. The summed E-state index contributed by atoms with van der Waals surface area (Å²) in [6.07, 6.45) is 0. The van der Waals surface area contributed by atoms with Gasteiger partial charge in [-0.05, 0) is 0 Å². The molecule has 38 valence electrons. The van der Waals surface area contributed by atoms with Crippen LogP contribution in [0, 0.1) is 0 Å². The molecule has 0 aromatic carbocycles. The van der Waals surface area contributed by atoms with Gasteiger partial charge < -0.3 is 22.1 Å². The number of hydrogen-bond donors (Lipinski definition) is 0. The molecule has 8 heavy (non-hydrogen) atoms. The third-order valence-electron chi connectivity index (χ3n) is 0. The SMILES string of the molecule is [Fe+2].[N-]=[N+]=[N-].[N-]=[N+]=[N-].[Na+]. The van der Waals surface area contributed by atoms with Gasteiger partial charge in [-0.2, -0.15) is 0 Å². The Morgan fingerprint density at radius 1 is 0.750 bits per heavy atom. The minimum absolute atomic E-state index is 0. The maximum Gasteiger partial charge on any atom is 2.00 e. The summed E-state index contributed by atoms with van der Waals surface area (Å²) in [7, 11) is 0. The first-order valence-corrected chi connectivity index (χ1v) is 0.800. The average Bonchev–Trinajstić information content (AvgIpc) is 1.39. The first-order valence-electron chi connectivity index (χ1n) is 0.800. The second-order valence-corrected chi connectivity index (χ2v) is 0.179. The maximum atomic E-state index is 6.75. The van der Waals surface area contributed by atoms with Crippen LogP contribution >= 0.6 is 0 Å². The van der Waals surface area contributed by atoms with Crippen LogP contribution < -0.4 is 29.6 Å². The topological polar surface area (TPSA) is 117 Å². The van der Waals surface area contributed by atoms with Crippen molar-refractivity contribution in [2.24, 2.45) is 0 Å². The zero-order chi connectivity index (χ0) is 5.41. The minimum Gasteiger partial charge on any atom is -0.373 e. The zero-order valence-electron chi connectivity index (χ0n) is 4.04. The van der Waals surface area contributed by atoms with E-state index in [2.05, 4.69) is 0 Å². The summed E-state index contributed by atoms with van der Waals surface area (Å²) in [5.41, 5.74) is 27.0. The van der Waals surface area contributed by atoms with Crippen molar-refractivity contribution in [3.8, 4) is 0 Å². The van der Waals surface area contributed by atoms with Gasteiger partial charge in [-0.25, -0.2) is 0 Å². The van der Waals surface area contributed by atoms with Gasteiger partial charge in [0.05, 0.1) is 0 Å². The van der Waals surface area contributed by atoms with Crippen LogP contribution in [0.25, 0.3) is 31.9 Å². The molecule has 0 fully saturated rings. The molecule has 0 amide bonds. The molecule has 8 heteroatoms. The van der Waals surface area contributed by atoms with Crippen LogP contribution in [0.3, 0.4) is 0 Å². The van der Waals surface area contributed by atoms with Crippen LogP contribution in [0.2, 0.25) is 0 Å². The molecule has 0 heterocycles. The predicted molar refractivity (Wildman–Crippen MR) is 20.2 cm³/mol. The molecular weight excluding hydrogens is 163 g/mol. The molecule has 0 rings (SSSR count). The first-order chi connectivity index (χ1) is 2.83. The molecule has 0 aromatic heterocycles. The molecule has 6 nitrogen and oxygen atoms in total. The van der Waals surface area contributed by atoms with E-state index in [4.69, 9.17) is 22.1 Å². The molecule has 0 saturated heterocycles. The molecule has 0 saturated carbocycles. The van der Waals surface area contributed by atoms with E-state index in [1.807, 2.05) is 0 Å². The van der Waals surface area contributed by atoms with Gasteiger partial charge in [-0.15, -0.1) is 0 Å². The van der Waals surface area contributed by atoms with Gasteiger partial charge in [-0.1, -0.05) is 0 Å². The Labute approximate surface area is 78.2 Å². The van der Waals surface area contributed by atoms with Crippen molar-refractivity contribution < 1.29 is 46.6 Å². The van der Waals surface area contributed by atoms with Crippen LogP contribution in [0.5, 0.6) is 0 Å². The van der Waals surface area contributed by atoms with Crippen molar-refractivity contribution >= 4 is 0 Å². The monoisotopic (exact) mass is 163 g/mol. The third-order valence-corrected chi connectivity index (χ3v) is 0. The predicted octanol–water partition coefficient (Wildman–Crippen LogP) is -1.27. The maximum absolute atomic E-state index is 6.75. The minimum atomic E-state index is 0. The molecule has 0 aliphatic heterocycles. The number of rotatable bonds is 0. The Bertz CT molecular complexity index is 62.5. The van der Waals surface area contributed by atoms with E-state index < -0.39 is 0 Å². The van der Waals surface area contributed by atoms with Gasteiger partial charge in [-0.3, -0.25) is 9.82 Å². The van der Waals surface area contributed by atoms with E-state index >= 15 is 0 Å². The summed E-state index contributed by atoms with van der Waals surface area (Å²) in [5.74, 6) is 0. The van der Waals surface area contributed by atoms with E-state index in [0.717, 1.165) is 0 Å². The van der Waals surface area contributed by atoms with Crippen LogP contribution in [-0.2, 0) is 17.1 Å². The fourth-order valence-electron chi connectivity index (χ4n) is 0. The Kier molecular flexibility index (Phi) is 178. The number of hydrogen-bond acceptors (Lipinski definition) is 0. The number of nitrogens with zero attached hydrogens (tertiary/aromatic N) is 6. The fraction of sp³-hybridized carbons (Fsp3) is 0. The van der Waals surface area contributed by atoms with E-state index in [1.165, 1.54) is 9.82 Å². The van der Waals surface area contributed by atoms with Gasteiger partial charge in [0.25, 0.3) is 0 Å². The standard InChI is InChI=1S/Fe.2N3.Na/c;2*1-3-2;/q+2;2*-1;+1. The van der Waals surface area contributed by atoms with E-state index in [0.29, 0.717) is 0 Å². The molecule has 0 N–H and O–H groups in total. The molecule has 0 atom stereocenters. The van der Waals surface area contributed by atoms with Gasteiger partial charge in [0.1, 0.15) is 0 Å². The Morgan fingerprint density at radius 3 is 0.750 bits per heavy atom. The van der Waals surface area contributed by atoms with Crippen LogP contribution in [0.4, 0.5) is 0 Å². The van der Waals surface area contributed by atoms with Crippen LogP contribution in [-0.4, -0.2) is 0 Å². The van der Waals surface area contributed by atoms with Crippen molar-refractivity contribution in [3.05, 3.63) is 31.9 Å². The van der Waals surface area contributed by atoms with E-state index in [-0.39, 0.29) is 46.6 Å². The molecular formula is FeN6Na+. The van der Waals surface area contributed by atoms with Gasteiger partial charge >= 0.3 is 46.6 Å². The van der Waals surface area contributed by atoms with Gasteiger partial charge in [0.15, 0.2) is 0 Å². The van der Waals surface area contributed by atoms with Crippen LogP contribution in [0.15, 0.2) is 0 Å². The summed E-state index contributed by atoms with van der Waals surface area (Å²) >= 11 is 0. The van der Waals surface area contributed by atoms with E-state index in [1.54, 1.807) is 0 Å². The summed E-state index contributed by atoms with van der Waals surface area (Å²) in [6, 6.07) is 0. The fourth-order valence-corrected chi connectivity index (χ4v) is 0. The van der Waals surface area contributed by atoms with Crippen molar-refractivity contribution in [1.82, 2.24) is 0 Å². The smallest absolute Gasteiger partial charge is 0.373 e. The molecule has 0 unspecified atom stereocenters. The van der Waals surface area contributed by atoms with Crippen molar-refractivity contribution in [1.29, 1.82) is 0 Å². The molecule has 0 aliphatic rings. The Morgan fingerprint density at radius 2 is 0.750 bits per heavy atom. The first kappa shape index (κ1) is 24.2. The summed E-state index contributed by atoms with van der Waals surface area (Å²) in [6.45, 7) is 0. The molecule has 0 spiro atoms. The van der Waals surface area contributed by atoms with Crippen molar-refractivity contribution in [3.63, 3.8) is 0 Å². The Hall–Kier alpha value is 0.139.